The lowest BCUT2D eigenvalue weighted by Gasteiger charge is -2.21. The molecule has 4 rings (SSSR count). The molecule has 2 aromatic heterocycles. The molecule has 7 heteroatoms. The molecule has 0 bridgehead atoms. The average molecular weight is 330 g/mol. The van der Waals surface area contributed by atoms with Gasteiger partial charge in [0.15, 0.2) is 5.16 Å². The molecule has 6 nitrogen and oxygen atoms in total. The van der Waals surface area contributed by atoms with Crippen LogP contribution in [0.5, 0.6) is 0 Å². The number of fused-ring (bicyclic) bond motifs is 3. The molecule has 0 radical (unpaired) electrons. The third-order valence-corrected chi connectivity index (χ3v) is 5.33. The summed E-state index contributed by atoms with van der Waals surface area (Å²) in [4.78, 5) is 12.4. The number of hydrogen-bond donors (Lipinski definition) is 0. The first-order valence-corrected chi connectivity index (χ1v) is 8.81. The van der Waals surface area contributed by atoms with E-state index in [1.54, 1.807) is 23.4 Å². The van der Waals surface area contributed by atoms with Crippen LogP contribution in [0, 0.1) is 0 Å². The van der Waals surface area contributed by atoms with Crippen molar-refractivity contribution in [1.29, 1.82) is 0 Å². The fourth-order valence-electron chi connectivity index (χ4n) is 3.01. The number of thioether (sulfide) groups is 1. The van der Waals surface area contributed by atoms with Gasteiger partial charge in [0, 0.05) is 19.4 Å². The molecule has 1 aliphatic heterocycles. The van der Waals surface area contributed by atoms with Gasteiger partial charge < -0.3 is 4.74 Å². The lowest BCUT2D eigenvalue weighted by molar-refractivity contribution is 0.0315. The number of ether oxygens (including phenoxy) is 1. The molecule has 1 saturated heterocycles. The molecule has 23 heavy (non-hydrogen) atoms. The summed E-state index contributed by atoms with van der Waals surface area (Å²) in [6, 6.07) is 7.59. The van der Waals surface area contributed by atoms with Crippen LogP contribution < -0.4 is 5.56 Å². The number of aryl methyl sites for hydroxylation is 1. The van der Waals surface area contributed by atoms with E-state index in [2.05, 4.69) is 10.2 Å². The predicted molar refractivity (Wildman–Crippen MR) is 90.0 cm³/mol. The molecule has 0 amide bonds. The summed E-state index contributed by atoms with van der Waals surface area (Å²) in [5.41, 5.74) is 0.801. The fourth-order valence-corrected chi connectivity index (χ4v) is 4.02. The van der Waals surface area contributed by atoms with Crippen LogP contribution in [0.1, 0.15) is 19.3 Å². The zero-order valence-electron chi connectivity index (χ0n) is 12.9. The lowest BCUT2D eigenvalue weighted by Crippen LogP contribution is -2.22. The van der Waals surface area contributed by atoms with Crippen molar-refractivity contribution in [2.24, 2.45) is 7.05 Å². The fraction of sp³-hybridized carbons (Fsp3) is 0.438. The van der Waals surface area contributed by atoms with Gasteiger partial charge in [-0.25, -0.2) is 0 Å². The smallest absolute Gasteiger partial charge is 0.262 e. The summed E-state index contributed by atoms with van der Waals surface area (Å²) < 4.78 is 9.30. The van der Waals surface area contributed by atoms with Crippen molar-refractivity contribution in [1.82, 2.24) is 19.2 Å². The van der Waals surface area contributed by atoms with Crippen molar-refractivity contribution in [3.63, 3.8) is 0 Å². The van der Waals surface area contributed by atoms with Crippen molar-refractivity contribution in [2.75, 3.05) is 12.4 Å². The Kier molecular flexibility index (Phi) is 3.82. The second kappa shape index (κ2) is 5.98. The summed E-state index contributed by atoms with van der Waals surface area (Å²) in [6.45, 7) is 0.850. The summed E-state index contributed by atoms with van der Waals surface area (Å²) in [5, 5.41) is 9.98. The Morgan fingerprint density at radius 2 is 2.17 bits per heavy atom. The van der Waals surface area contributed by atoms with Crippen LogP contribution in [0.4, 0.5) is 0 Å². The Balaban J connectivity index is 1.77. The first-order valence-electron chi connectivity index (χ1n) is 7.83. The van der Waals surface area contributed by atoms with E-state index < -0.39 is 0 Å². The molecule has 1 aromatic carbocycles. The summed E-state index contributed by atoms with van der Waals surface area (Å²) in [7, 11) is 1.73. The lowest BCUT2D eigenvalue weighted by atomic mass is 10.1. The van der Waals surface area contributed by atoms with E-state index in [-0.39, 0.29) is 11.7 Å². The standard InChI is InChI=1S/C16H18N4O2S/c1-19-14(21)12-7-2-3-8-13(12)20-15(19)17-18-16(20)23-10-11-6-4-5-9-22-11/h2-3,7-8,11H,4-6,9-10H2,1H3/t11-/m0/s1. The highest BCUT2D eigenvalue weighted by molar-refractivity contribution is 7.99. The predicted octanol–water partition coefficient (Wildman–Crippen LogP) is 2.24. The molecule has 1 atom stereocenters. The van der Waals surface area contributed by atoms with Crippen molar-refractivity contribution < 1.29 is 4.74 Å². The topological polar surface area (TPSA) is 61.4 Å². The first kappa shape index (κ1) is 14.7. The van der Waals surface area contributed by atoms with Gasteiger partial charge in [0.1, 0.15) is 0 Å². The highest BCUT2D eigenvalue weighted by atomic mass is 32.2. The monoisotopic (exact) mass is 330 g/mol. The minimum Gasteiger partial charge on any atom is -0.377 e. The van der Waals surface area contributed by atoms with Crippen LogP contribution in [0.2, 0.25) is 0 Å². The Bertz CT molecular complexity index is 911. The Labute approximate surface area is 137 Å². The molecule has 3 aromatic rings. The van der Waals surface area contributed by atoms with Gasteiger partial charge in [-0.15, -0.1) is 10.2 Å². The van der Waals surface area contributed by atoms with Gasteiger partial charge in [0.2, 0.25) is 5.78 Å². The minimum absolute atomic E-state index is 0.0485. The van der Waals surface area contributed by atoms with Crippen LogP contribution in [0.25, 0.3) is 16.7 Å². The van der Waals surface area contributed by atoms with Gasteiger partial charge >= 0.3 is 0 Å². The van der Waals surface area contributed by atoms with E-state index in [0.29, 0.717) is 11.2 Å². The quantitative estimate of drug-likeness (QED) is 0.689. The summed E-state index contributed by atoms with van der Waals surface area (Å²) in [5.74, 6) is 1.43. The summed E-state index contributed by atoms with van der Waals surface area (Å²) >= 11 is 1.64. The second-order valence-corrected chi connectivity index (χ2v) is 6.79. The van der Waals surface area contributed by atoms with E-state index in [0.717, 1.165) is 35.9 Å². The Hall–Kier alpha value is -1.86. The van der Waals surface area contributed by atoms with Crippen LogP contribution in [0.15, 0.2) is 34.2 Å². The molecule has 0 unspecified atom stereocenters. The van der Waals surface area contributed by atoms with E-state index >= 15 is 0 Å². The first-order chi connectivity index (χ1) is 11.3. The second-order valence-electron chi connectivity index (χ2n) is 5.80. The van der Waals surface area contributed by atoms with Crippen LogP contribution in [0.3, 0.4) is 0 Å². The number of aromatic nitrogens is 4. The zero-order chi connectivity index (χ0) is 15.8. The molecule has 0 N–H and O–H groups in total. The van der Waals surface area contributed by atoms with Crippen LogP contribution in [-0.2, 0) is 11.8 Å². The maximum atomic E-state index is 12.4. The maximum absolute atomic E-state index is 12.4. The molecular formula is C16H18N4O2S. The number of para-hydroxylation sites is 1. The molecule has 0 aliphatic carbocycles. The average Bonchev–Trinajstić information content (AvgIpc) is 3.03. The number of rotatable bonds is 3. The number of hydrogen-bond acceptors (Lipinski definition) is 5. The van der Waals surface area contributed by atoms with Crippen molar-refractivity contribution in [3.05, 3.63) is 34.6 Å². The number of nitrogens with zero attached hydrogens (tertiary/aromatic N) is 4. The largest absolute Gasteiger partial charge is 0.377 e. The van der Waals surface area contributed by atoms with Crippen LogP contribution in [-0.4, -0.2) is 37.6 Å². The molecule has 120 valence electrons. The Morgan fingerprint density at radius 1 is 1.30 bits per heavy atom. The van der Waals surface area contributed by atoms with Crippen LogP contribution >= 0.6 is 11.8 Å². The molecule has 3 heterocycles. The molecule has 1 fully saturated rings. The van der Waals surface area contributed by atoms with E-state index in [1.165, 1.54) is 6.42 Å². The highest BCUT2D eigenvalue weighted by Gasteiger charge is 2.18. The van der Waals surface area contributed by atoms with E-state index in [1.807, 2.05) is 28.7 Å². The van der Waals surface area contributed by atoms with E-state index in [4.69, 9.17) is 4.74 Å². The van der Waals surface area contributed by atoms with Gasteiger partial charge in [-0.05, 0) is 31.4 Å². The normalized spacial score (nSPS) is 18.7. The van der Waals surface area contributed by atoms with Crippen molar-refractivity contribution in [3.8, 4) is 0 Å². The molecule has 0 spiro atoms. The van der Waals surface area contributed by atoms with Gasteiger partial charge in [-0.1, -0.05) is 23.9 Å². The van der Waals surface area contributed by atoms with Gasteiger partial charge in [-0.2, -0.15) is 0 Å². The van der Waals surface area contributed by atoms with Gasteiger partial charge in [-0.3, -0.25) is 13.8 Å². The molecule has 0 saturated carbocycles. The molecule has 1 aliphatic rings. The third-order valence-electron chi connectivity index (χ3n) is 4.27. The zero-order valence-corrected chi connectivity index (χ0v) is 13.8. The highest BCUT2D eigenvalue weighted by Crippen LogP contribution is 2.24. The van der Waals surface area contributed by atoms with Crippen molar-refractivity contribution >= 4 is 28.4 Å². The maximum Gasteiger partial charge on any atom is 0.262 e. The van der Waals surface area contributed by atoms with Gasteiger partial charge in [0.25, 0.3) is 5.56 Å². The SMILES string of the molecule is Cn1c(=O)c2ccccc2n2c(SC[C@@H]3CCCCO3)nnc12. The third kappa shape index (κ3) is 2.53. The van der Waals surface area contributed by atoms with E-state index in [9.17, 15) is 4.79 Å². The van der Waals surface area contributed by atoms with Gasteiger partial charge in [0.05, 0.1) is 17.0 Å². The van der Waals surface area contributed by atoms with Crippen molar-refractivity contribution in [2.45, 2.75) is 30.5 Å². The number of benzene rings is 1. The minimum atomic E-state index is -0.0485. The summed E-state index contributed by atoms with van der Waals surface area (Å²) in [6.07, 6.45) is 3.76. The molecular weight excluding hydrogens is 312 g/mol. The Morgan fingerprint density at radius 3 is 3.00 bits per heavy atom.